The molecular weight excluding hydrogens is 452 g/mol. The Bertz CT molecular complexity index is 1050. The molecular formula is C20H28N6O6S. The molecule has 2 aliphatic heterocycles. The van der Waals surface area contributed by atoms with Crippen LogP contribution in [0, 0.1) is 16.0 Å². The largest absolute Gasteiger partial charge is 0.466 e. The number of sulfonamides is 1. The zero-order valence-electron chi connectivity index (χ0n) is 18.8. The number of carbonyl (C=O) groups is 1. The summed E-state index contributed by atoms with van der Waals surface area (Å²) >= 11 is 0. The fourth-order valence-corrected chi connectivity index (χ4v) is 4.50. The van der Waals surface area contributed by atoms with Crippen LogP contribution in [0.4, 0.5) is 5.69 Å². The van der Waals surface area contributed by atoms with Gasteiger partial charge in [0.25, 0.3) is 0 Å². The monoisotopic (exact) mass is 480 g/mol. The molecule has 0 radical (unpaired) electrons. The van der Waals surface area contributed by atoms with Crippen LogP contribution in [0.25, 0.3) is 0 Å². The lowest BCUT2D eigenvalue weighted by Crippen LogP contribution is -2.46. The van der Waals surface area contributed by atoms with Gasteiger partial charge in [-0.15, -0.1) is 0 Å². The Labute approximate surface area is 192 Å². The van der Waals surface area contributed by atoms with E-state index in [0.29, 0.717) is 49.9 Å². The maximum absolute atomic E-state index is 12.2. The molecule has 13 heteroatoms. The number of hydrazine groups is 1. The molecule has 1 aromatic carbocycles. The predicted octanol–water partition coefficient (Wildman–Crippen LogP) is 1.33. The van der Waals surface area contributed by atoms with Gasteiger partial charge in [0.1, 0.15) is 5.84 Å². The number of nitro groups is 1. The number of benzene rings is 1. The van der Waals surface area contributed by atoms with Crippen molar-refractivity contribution >= 4 is 27.5 Å². The van der Waals surface area contributed by atoms with Crippen LogP contribution in [-0.2, 0) is 19.6 Å². The lowest BCUT2D eigenvalue weighted by molar-refractivity contribution is -0.647. The van der Waals surface area contributed by atoms with Gasteiger partial charge < -0.3 is 15.0 Å². The Kier molecular flexibility index (Phi) is 7.53. The first-order chi connectivity index (χ1) is 15.6. The number of nitrogens with one attached hydrogen (secondary N) is 1. The maximum atomic E-state index is 12.2. The lowest BCUT2D eigenvalue weighted by atomic mass is 9.97. The summed E-state index contributed by atoms with van der Waals surface area (Å²) in [5, 5.41) is 15.1. The molecule has 1 fully saturated rings. The first kappa shape index (κ1) is 24.5. The van der Waals surface area contributed by atoms with Crippen molar-refractivity contribution in [2.75, 3.05) is 45.8 Å². The molecule has 1 N–H and O–H groups in total. The molecule has 0 spiro atoms. The van der Waals surface area contributed by atoms with Crippen LogP contribution in [0.15, 0.2) is 46.1 Å². The molecule has 0 aromatic heterocycles. The first-order valence-corrected chi connectivity index (χ1v) is 12.0. The van der Waals surface area contributed by atoms with Crippen molar-refractivity contribution < 1.29 is 23.0 Å². The number of carbonyl (C=O) groups excluding carboxylic acids is 1. The third-order valence-electron chi connectivity index (χ3n) is 5.45. The summed E-state index contributed by atoms with van der Waals surface area (Å²) in [6.07, 6.45) is 2.67. The number of hydrogen-bond donors (Lipinski definition) is 1. The highest BCUT2D eigenvalue weighted by atomic mass is 32.2. The average Bonchev–Trinajstić information content (AvgIpc) is 2.79. The van der Waals surface area contributed by atoms with Crippen molar-refractivity contribution in [1.29, 1.82) is 0 Å². The second-order valence-corrected chi connectivity index (χ2v) is 9.93. The summed E-state index contributed by atoms with van der Waals surface area (Å²) in [7, 11) is -0.620. The molecule has 0 atom stereocenters. The van der Waals surface area contributed by atoms with Gasteiger partial charge in [0, 0.05) is 38.9 Å². The zero-order valence-corrected chi connectivity index (χ0v) is 19.6. The minimum Gasteiger partial charge on any atom is -0.466 e. The maximum Gasteiger partial charge on any atom is 0.309 e. The van der Waals surface area contributed by atoms with Crippen LogP contribution in [0.3, 0.4) is 0 Å². The van der Waals surface area contributed by atoms with Crippen molar-refractivity contribution in [3.63, 3.8) is 0 Å². The van der Waals surface area contributed by atoms with Crippen molar-refractivity contribution in [3.05, 3.63) is 46.3 Å². The number of rotatable bonds is 7. The molecule has 180 valence electrons. The summed E-state index contributed by atoms with van der Waals surface area (Å²) in [4.78, 5) is 29.8. The SMILES string of the molecule is CCOC(=O)C1CCN(C2=CC(Nc3ccc(S(=O)(=O)N(C)C)cc3)=NCN2[N+](=O)[O-])CC1. The van der Waals surface area contributed by atoms with E-state index >= 15 is 0 Å². The van der Waals surface area contributed by atoms with Gasteiger partial charge in [-0.1, -0.05) is 5.01 Å². The second-order valence-electron chi connectivity index (χ2n) is 7.77. The molecule has 0 aliphatic carbocycles. The van der Waals surface area contributed by atoms with Crippen LogP contribution in [0.1, 0.15) is 19.8 Å². The molecule has 2 heterocycles. The highest BCUT2D eigenvalue weighted by Crippen LogP contribution is 2.25. The van der Waals surface area contributed by atoms with Crippen molar-refractivity contribution in [3.8, 4) is 0 Å². The standard InChI is InChI=1S/C20H28N6O6S/c1-4-32-20(27)15-9-11-24(12-10-15)19-13-18(21-14-25(19)26(28)29)22-16-5-7-17(8-6-16)33(30,31)23(2)3/h5-8,13,15H,4,9-12,14H2,1-3H3,(H,21,22). The van der Waals surface area contributed by atoms with E-state index in [4.69, 9.17) is 4.74 Å². The van der Waals surface area contributed by atoms with Crippen LogP contribution >= 0.6 is 0 Å². The first-order valence-electron chi connectivity index (χ1n) is 10.5. The average molecular weight is 481 g/mol. The number of aliphatic imine (C=N–C) groups is 1. The second kappa shape index (κ2) is 10.2. The van der Waals surface area contributed by atoms with Crippen molar-refractivity contribution in [2.45, 2.75) is 24.7 Å². The Balaban J connectivity index is 1.73. The normalized spacial score (nSPS) is 17.5. The number of ether oxygens (including phenoxy) is 1. The predicted molar refractivity (Wildman–Crippen MR) is 121 cm³/mol. The number of nitrogens with zero attached hydrogens (tertiary/aromatic N) is 5. The van der Waals surface area contributed by atoms with Gasteiger partial charge in [0.2, 0.25) is 10.0 Å². The lowest BCUT2D eigenvalue weighted by Gasteiger charge is -2.36. The fraction of sp³-hybridized carbons (Fsp3) is 0.500. The molecule has 3 rings (SSSR count). The molecule has 12 nitrogen and oxygen atoms in total. The molecule has 33 heavy (non-hydrogen) atoms. The highest BCUT2D eigenvalue weighted by Gasteiger charge is 2.33. The third-order valence-corrected chi connectivity index (χ3v) is 7.28. The Morgan fingerprint density at radius 3 is 2.45 bits per heavy atom. The van der Waals surface area contributed by atoms with E-state index in [1.54, 1.807) is 25.1 Å². The molecule has 0 unspecified atom stereocenters. The van der Waals surface area contributed by atoms with E-state index < -0.39 is 15.1 Å². The number of anilines is 1. The van der Waals surface area contributed by atoms with Gasteiger partial charge in [0.15, 0.2) is 17.5 Å². The van der Waals surface area contributed by atoms with E-state index in [9.17, 15) is 23.3 Å². The van der Waals surface area contributed by atoms with Crippen molar-refractivity contribution in [1.82, 2.24) is 14.2 Å². The van der Waals surface area contributed by atoms with E-state index in [2.05, 4.69) is 10.3 Å². The van der Waals surface area contributed by atoms with Crippen LogP contribution in [0.2, 0.25) is 0 Å². The van der Waals surface area contributed by atoms with Gasteiger partial charge in [0.05, 0.1) is 17.4 Å². The van der Waals surface area contributed by atoms with Crippen LogP contribution in [0.5, 0.6) is 0 Å². The van der Waals surface area contributed by atoms with Gasteiger partial charge in [-0.3, -0.25) is 4.79 Å². The molecule has 1 aromatic rings. The van der Waals surface area contributed by atoms with E-state index in [-0.39, 0.29) is 23.5 Å². The summed E-state index contributed by atoms with van der Waals surface area (Å²) in [5.41, 5.74) is 0.595. The van der Waals surface area contributed by atoms with E-state index in [1.165, 1.54) is 26.2 Å². The van der Waals surface area contributed by atoms with E-state index in [0.717, 1.165) is 9.31 Å². The molecule has 0 amide bonds. The molecule has 0 bridgehead atoms. The van der Waals surface area contributed by atoms with Gasteiger partial charge in [-0.05, 0) is 44.0 Å². The fourth-order valence-electron chi connectivity index (χ4n) is 3.60. The number of hydrogen-bond acceptors (Lipinski definition) is 9. The minimum absolute atomic E-state index is 0.156. The quantitative estimate of drug-likeness (QED) is 0.348. The van der Waals surface area contributed by atoms with Crippen LogP contribution < -0.4 is 5.32 Å². The molecule has 1 saturated heterocycles. The highest BCUT2D eigenvalue weighted by molar-refractivity contribution is 7.89. The van der Waals surface area contributed by atoms with Crippen LogP contribution in [-0.4, -0.2) is 79.9 Å². The Morgan fingerprint density at radius 1 is 1.27 bits per heavy atom. The summed E-state index contributed by atoms with van der Waals surface area (Å²) in [6.45, 7) is 2.87. The molecule has 0 saturated carbocycles. The Hall–Kier alpha value is -3.19. The van der Waals surface area contributed by atoms with Crippen molar-refractivity contribution in [2.24, 2.45) is 10.9 Å². The molecule has 2 aliphatic rings. The summed E-state index contributed by atoms with van der Waals surface area (Å²) in [5.74, 6) is 0.354. The Morgan fingerprint density at radius 2 is 1.91 bits per heavy atom. The van der Waals surface area contributed by atoms with Gasteiger partial charge in [-0.2, -0.15) is 0 Å². The summed E-state index contributed by atoms with van der Waals surface area (Å²) in [6, 6.07) is 6.18. The van der Waals surface area contributed by atoms with E-state index in [1.807, 2.05) is 4.90 Å². The zero-order chi connectivity index (χ0) is 24.2. The minimum atomic E-state index is -3.54. The van der Waals surface area contributed by atoms with Gasteiger partial charge in [-0.25, -0.2) is 27.8 Å². The third kappa shape index (κ3) is 5.60. The topological polar surface area (TPSA) is 138 Å². The van der Waals surface area contributed by atoms with Gasteiger partial charge >= 0.3 is 5.97 Å². The number of likely N-dealkylation sites (tertiary alicyclic amines) is 1. The summed E-state index contributed by atoms with van der Waals surface area (Å²) < 4.78 is 30.7. The number of esters is 1. The number of piperidine rings is 1. The number of amidine groups is 1. The smallest absolute Gasteiger partial charge is 0.309 e.